The number of quaternary nitrogens is 1. The molecule has 1 amide bonds. The van der Waals surface area contributed by atoms with Crippen LogP contribution >= 0.6 is 11.3 Å². The first-order valence-electron chi connectivity index (χ1n) is 8.86. The minimum atomic E-state index is -0.267. The molecule has 0 aliphatic heterocycles. The summed E-state index contributed by atoms with van der Waals surface area (Å²) in [5.41, 5.74) is 2.60. The smallest absolute Gasteiger partial charge is 0.280 e. The molecule has 1 heterocycles. The number of likely N-dealkylation sites (N-methyl/N-ethyl adjacent to an activating group) is 1. The van der Waals surface area contributed by atoms with Crippen LogP contribution in [0.15, 0.2) is 24.3 Å². The molecule has 0 bridgehead atoms. The third-order valence-corrected chi connectivity index (χ3v) is 5.90. The molecule has 3 rings (SSSR count). The van der Waals surface area contributed by atoms with Gasteiger partial charge in [-0.1, -0.05) is 19.1 Å². The fourth-order valence-electron chi connectivity index (χ4n) is 3.46. The van der Waals surface area contributed by atoms with Crippen molar-refractivity contribution in [3.63, 3.8) is 0 Å². The van der Waals surface area contributed by atoms with Crippen molar-refractivity contribution in [3.8, 4) is 6.07 Å². The van der Waals surface area contributed by atoms with Crippen molar-refractivity contribution >= 4 is 22.2 Å². The number of nitrogens with one attached hydrogen (secondary N) is 2. The van der Waals surface area contributed by atoms with E-state index in [1.54, 1.807) is 6.07 Å². The lowest BCUT2D eigenvalue weighted by molar-refractivity contribution is -0.885. The normalized spacial score (nSPS) is 17.2. The predicted molar refractivity (Wildman–Crippen MR) is 101 cm³/mol. The van der Waals surface area contributed by atoms with Gasteiger partial charge in [0.25, 0.3) is 5.91 Å². The van der Waals surface area contributed by atoms with E-state index in [1.165, 1.54) is 28.3 Å². The molecule has 1 unspecified atom stereocenters. The van der Waals surface area contributed by atoms with Crippen molar-refractivity contribution < 1.29 is 14.1 Å². The Labute approximate surface area is 157 Å². The Morgan fingerprint density at radius 1 is 1.50 bits per heavy atom. The van der Waals surface area contributed by atoms with Crippen LogP contribution in [0.2, 0.25) is 0 Å². The number of nitrogens with zero attached hydrogens (tertiary/aromatic N) is 1. The molecule has 1 aliphatic rings. The van der Waals surface area contributed by atoms with E-state index >= 15 is 0 Å². The number of nitriles is 1. The van der Waals surface area contributed by atoms with Gasteiger partial charge in [-0.3, -0.25) is 4.79 Å². The fourth-order valence-corrected chi connectivity index (χ4v) is 4.84. The Bertz CT molecular complexity index is 855. The van der Waals surface area contributed by atoms with Crippen LogP contribution in [0.5, 0.6) is 0 Å². The van der Waals surface area contributed by atoms with Crippen LogP contribution in [0.4, 0.5) is 9.39 Å². The average molecular weight is 372 g/mol. The van der Waals surface area contributed by atoms with E-state index in [-0.39, 0.29) is 18.3 Å². The molecule has 136 valence electrons. The molecule has 26 heavy (non-hydrogen) atoms. The molecule has 4 nitrogen and oxygen atoms in total. The van der Waals surface area contributed by atoms with Gasteiger partial charge in [0.05, 0.1) is 12.6 Å². The molecular formula is C20H23FN3OS+. The van der Waals surface area contributed by atoms with Gasteiger partial charge < -0.3 is 10.2 Å². The topological polar surface area (TPSA) is 57.3 Å². The third-order valence-electron chi connectivity index (χ3n) is 4.73. The van der Waals surface area contributed by atoms with Crippen LogP contribution in [0.1, 0.15) is 34.9 Å². The molecular weight excluding hydrogens is 349 g/mol. The minimum Gasteiger partial charge on any atom is -0.326 e. The van der Waals surface area contributed by atoms with E-state index in [2.05, 4.69) is 18.3 Å². The fraction of sp³-hybridized carbons (Fsp3) is 0.400. The second kappa shape index (κ2) is 7.98. The summed E-state index contributed by atoms with van der Waals surface area (Å²) in [6.07, 6.45) is 2.98. The lowest BCUT2D eigenvalue weighted by atomic mass is 9.89. The number of rotatable bonds is 5. The van der Waals surface area contributed by atoms with E-state index in [9.17, 15) is 14.4 Å². The van der Waals surface area contributed by atoms with E-state index < -0.39 is 0 Å². The second-order valence-electron chi connectivity index (χ2n) is 7.16. The highest BCUT2D eigenvalue weighted by Crippen LogP contribution is 2.39. The van der Waals surface area contributed by atoms with Crippen molar-refractivity contribution in [1.82, 2.24) is 0 Å². The molecule has 0 saturated heterocycles. The van der Waals surface area contributed by atoms with Crippen molar-refractivity contribution in [2.75, 3.05) is 18.9 Å². The minimum absolute atomic E-state index is 0.123. The SMILES string of the molecule is C[C@@H]1CCc2c(sc(NC(=O)C[NH+](C)Cc3cccc(F)c3)c2C#N)C1. The van der Waals surface area contributed by atoms with Crippen molar-refractivity contribution in [2.45, 2.75) is 32.7 Å². The average Bonchev–Trinajstić information content (AvgIpc) is 2.90. The van der Waals surface area contributed by atoms with Crippen molar-refractivity contribution in [2.24, 2.45) is 5.92 Å². The summed E-state index contributed by atoms with van der Waals surface area (Å²) >= 11 is 1.54. The number of anilines is 1. The van der Waals surface area contributed by atoms with Gasteiger partial charge in [-0.25, -0.2) is 4.39 Å². The molecule has 2 aromatic rings. The Hall–Kier alpha value is -2.23. The van der Waals surface area contributed by atoms with Gasteiger partial charge in [-0.05, 0) is 42.9 Å². The molecule has 0 saturated carbocycles. The highest BCUT2D eigenvalue weighted by molar-refractivity contribution is 7.16. The molecule has 6 heteroatoms. The Morgan fingerprint density at radius 2 is 2.31 bits per heavy atom. The monoisotopic (exact) mass is 372 g/mol. The van der Waals surface area contributed by atoms with Gasteiger partial charge in [0.15, 0.2) is 6.54 Å². The van der Waals surface area contributed by atoms with Crippen LogP contribution in [0.3, 0.4) is 0 Å². The summed E-state index contributed by atoms with van der Waals surface area (Å²) < 4.78 is 13.3. The number of carbonyl (C=O) groups excluding carboxylic acids is 1. The Balaban J connectivity index is 1.64. The van der Waals surface area contributed by atoms with Crippen LogP contribution in [-0.2, 0) is 24.2 Å². The van der Waals surface area contributed by atoms with Gasteiger partial charge in [0.1, 0.15) is 23.4 Å². The molecule has 0 radical (unpaired) electrons. The first-order chi connectivity index (χ1) is 12.5. The third kappa shape index (κ3) is 4.29. The number of fused-ring (bicyclic) bond motifs is 1. The number of hydrogen-bond donors (Lipinski definition) is 2. The number of amides is 1. The quantitative estimate of drug-likeness (QED) is 0.847. The molecule has 2 N–H and O–H groups in total. The summed E-state index contributed by atoms with van der Waals surface area (Å²) in [6, 6.07) is 8.70. The highest BCUT2D eigenvalue weighted by atomic mass is 32.1. The maximum absolute atomic E-state index is 13.3. The summed E-state index contributed by atoms with van der Waals surface area (Å²) in [5.74, 6) is 0.233. The van der Waals surface area contributed by atoms with E-state index in [1.807, 2.05) is 13.1 Å². The zero-order valence-corrected chi connectivity index (χ0v) is 15.9. The van der Waals surface area contributed by atoms with Crippen molar-refractivity contribution in [1.29, 1.82) is 5.26 Å². The van der Waals surface area contributed by atoms with Gasteiger partial charge >= 0.3 is 0 Å². The number of hydrogen-bond acceptors (Lipinski definition) is 3. The first-order valence-corrected chi connectivity index (χ1v) is 9.68. The molecule has 1 aromatic heterocycles. The maximum atomic E-state index is 13.3. The number of carbonyl (C=O) groups is 1. The first kappa shape index (κ1) is 18.6. The zero-order chi connectivity index (χ0) is 18.7. The largest absolute Gasteiger partial charge is 0.326 e. The van der Waals surface area contributed by atoms with Crippen LogP contribution < -0.4 is 10.2 Å². The maximum Gasteiger partial charge on any atom is 0.280 e. The molecule has 2 atom stereocenters. The molecule has 1 aliphatic carbocycles. The van der Waals surface area contributed by atoms with Gasteiger partial charge in [-0.15, -0.1) is 11.3 Å². The van der Waals surface area contributed by atoms with E-state index in [4.69, 9.17) is 0 Å². The van der Waals surface area contributed by atoms with E-state index in [0.29, 0.717) is 23.0 Å². The second-order valence-corrected chi connectivity index (χ2v) is 8.26. The number of halogens is 1. The van der Waals surface area contributed by atoms with Gasteiger partial charge in [-0.2, -0.15) is 5.26 Å². The van der Waals surface area contributed by atoms with Crippen molar-refractivity contribution in [3.05, 3.63) is 51.7 Å². The van der Waals surface area contributed by atoms with Crippen LogP contribution in [0.25, 0.3) is 0 Å². The number of thiophene rings is 1. The summed E-state index contributed by atoms with van der Waals surface area (Å²) in [7, 11) is 1.90. The highest BCUT2D eigenvalue weighted by Gasteiger charge is 2.25. The van der Waals surface area contributed by atoms with Crippen LogP contribution in [-0.4, -0.2) is 19.5 Å². The summed E-state index contributed by atoms with van der Waals surface area (Å²) in [5, 5.41) is 13.1. The Kier molecular flexibility index (Phi) is 5.70. The lowest BCUT2D eigenvalue weighted by Gasteiger charge is -2.17. The standard InChI is InChI=1S/C20H22FN3OS/c1-13-6-7-16-17(10-22)20(26-18(16)8-13)23-19(25)12-24(2)11-14-4-3-5-15(21)9-14/h3-5,9,13H,6-8,11-12H2,1-2H3,(H,23,25)/p+1/t13-/m1/s1. The molecule has 0 spiro atoms. The summed E-state index contributed by atoms with van der Waals surface area (Å²) in [6.45, 7) is 3.05. The molecule has 0 fully saturated rings. The lowest BCUT2D eigenvalue weighted by Crippen LogP contribution is -3.08. The number of benzene rings is 1. The van der Waals surface area contributed by atoms with Crippen LogP contribution in [0, 0.1) is 23.1 Å². The Morgan fingerprint density at radius 3 is 3.04 bits per heavy atom. The van der Waals surface area contributed by atoms with Gasteiger partial charge in [0, 0.05) is 10.4 Å². The zero-order valence-electron chi connectivity index (χ0n) is 15.1. The van der Waals surface area contributed by atoms with Gasteiger partial charge in [0.2, 0.25) is 0 Å². The summed E-state index contributed by atoms with van der Waals surface area (Å²) in [4.78, 5) is 14.6. The van der Waals surface area contributed by atoms with E-state index in [0.717, 1.165) is 35.3 Å². The molecule has 1 aromatic carbocycles. The predicted octanol–water partition coefficient (Wildman–Crippen LogP) is 2.54.